The van der Waals surface area contributed by atoms with E-state index in [-0.39, 0.29) is 12.0 Å². The zero-order valence-corrected chi connectivity index (χ0v) is 12.0. The van der Waals surface area contributed by atoms with Crippen LogP contribution in [0.2, 0.25) is 0 Å². The summed E-state index contributed by atoms with van der Waals surface area (Å²) in [6.45, 7) is 4.88. The van der Waals surface area contributed by atoms with Crippen LogP contribution < -0.4 is 5.32 Å². The molecule has 0 spiro atoms. The van der Waals surface area contributed by atoms with Gasteiger partial charge in [0.05, 0.1) is 19.3 Å². The zero-order chi connectivity index (χ0) is 13.9. The van der Waals surface area contributed by atoms with Crippen molar-refractivity contribution in [1.82, 2.24) is 4.90 Å². The molecule has 0 saturated carbocycles. The summed E-state index contributed by atoms with van der Waals surface area (Å²) in [5.74, 6) is 0.0667. The number of hydrogen-bond acceptors (Lipinski definition) is 3. The maximum absolute atomic E-state index is 12.1. The molecule has 4 heteroatoms. The fourth-order valence-electron chi connectivity index (χ4n) is 3.09. The van der Waals surface area contributed by atoms with Crippen LogP contribution in [-0.4, -0.2) is 43.2 Å². The van der Waals surface area contributed by atoms with Gasteiger partial charge in [0.2, 0.25) is 5.91 Å². The summed E-state index contributed by atoms with van der Waals surface area (Å²) in [6, 6.07) is 6.29. The topological polar surface area (TPSA) is 41.6 Å². The Kier molecular flexibility index (Phi) is 4.03. The third-order valence-electron chi connectivity index (χ3n) is 4.07. The Bertz CT molecular complexity index is 501. The predicted molar refractivity (Wildman–Crippen MR) is 79.0 cm³/mol. The third-order valence-corrected chi connectivity index (χ3v) is 4.07. The number of nitrogens with zero attached hydrogens (tertiary/aromatic N) is 1. The molecule has 1 aromatic rings. The molecule has 108 valence electrons. The van der Waals surface area contributed by atoms with E-state index in [1.165, 1.54) is 24.0 Å². The van der Waals surface area contributed by atoms with Crippen molar-refractivity contribution in [1.29, 1.82) is 0 Å². The Morgan fingerprint density at radius 3 is 3.10 bits per heavy atom. The number of benzene rings is 1. The first-order chi connectivity index (χ1) is 9.70. The van der Waals surface area contributed by atoms with Crippen molar-refractivity contribution < 1.29 is 9.53 Å². The second-order valence-corrected chi connectivity index (χ2v) is 5.80. The van der Waals surface area contributed by atoms with Gasteiger partial charge in [0.15, 0.2) is 0 Å². The lowest BCUT2D eigenvalue weighted by atomic mass is 10.1. The van der Waals surface area contributed by atoms with E-state index in [1.807, 2.05) is 13.0 Å². The SMILES string of the molecule is CC1CN(CC(=O)Nc2ccc3c(c2)CCC3)CCO1. The maximum Gasteiger partial charge on any atom is 0.238 e. The minimum atomic E-state index is 0.0667. The Morgan fingerprint density at radius 1 is 1.40 bits per heavy atom. The second-order valence-electron chi connectivity index (χ2n) is 5.80. The van der Waals surface area contributed by atoms with Gasteiger partial charge in [-0.15, -0.1) is 0 Å². The normalized spacial score (nSPS) is 22.6. The number of ether oxygens (including phenoxy) is 1. The van der Waals surface area contributed by atoms with Crippen LogP contribution in [0.25, 0.3) is 0 Å². The van der Waals surface area contributed by atoms with Gasteiger partial charge in [-0.05, 0) is 49.4 Å². The van der Waals surface area contributed by atoms with Crippen LogP contribution >= 0.6 is 0 Å². The molecule has 4 nitrogen and oxygen atoms in total. The number of carbonyl (C=O) groups excluding carboxylic acids is 1. The van der Waals surface area contributed by atoms with Crippen LogP contribution in [0.1, 0.15) is 24.5 Å². The Balaban J connectivity index is 1.56. The first kappa shape index (κ1) is 13.6. The number of nitrogens with one attached hydrogen (secondary N) is 1. The van der Waals surface area contributed by atoms with Gasteiger partial charge in [-0.1, -0.05) is 6.07 Å². The molecular formula is C16H22N2O2. The Morgan fingerprint density at radius 2 is 2.25 bits per heavy atom. The average molecular weight is 274 g/mol. The monoisotopic (exact) mass is 274 g/mol. The summed E-state index contributed by atoms with van der Waals surface area (Å²) in [6.07, 6.45) is 3.77. The number of rotatable bonds is 3. The van der Waals surface area contributed by atoms with Gasteiger partial charge in [0, 0.05) is 18.8 Å². The van der Waals surface area contributed by atoms with Crippen LogP contribution in [0.3, 0.4) is 0 Å². The number of aryl methyl sites for hydroxylation is 2. The van der Waals surface area contributed by atoms with E-state index < -0.39 is 0 Å². The lowest BCUT2D eigenvalue weighted by molar-refractivity contribution is -0.119. The molecule has 3 rings (SSSR count). The van der Waals surface area contributed by atoms with E-state index in [0.29, 0.717) is 13.2 Å². The highest BCUT2D eigenvalue weighted by Gasteiger charge is 2.19. The molecule has 1 saturated heterocycles. The van der Waals surface area contributed by atoms with Gasteiger partial charge >= 0.3 is 0 Å². The highest BCUT2D eigenvalue weighted by molar-refractivity contribution is 5.92. The second kappa shape index (κ2) is 5.94. The highest BCUT2D eigenvalue weighted by atomic mass is 16.5. The van der Waals surface area contributed by atoms with E-state index in [4.69, 9.17) is 4.74 Å². The number of carbonyl (C=O) groups is 1. The molecule has 1 atom stereocenters. The lowest BCUT2D eigenvalue weighted by Gasteiger charge is -2.30. The Hall–Kier alpha value is -1.39. The first-order valence-corrected chi connectivity index (χ1v) is 7.46. The highest BCUT2D eigenvalue weighted by Crippen LogP contribution is 2.24. The van der Waals surface area contributed by atoms with E-state index in [2.05, 4.69) is 22.3 Å². The predicted octanol–water partition coefficient (Wildman–Crippen LogP) is 1.83. The summed E-state index contributed by atoms with van der Waals surface area (Å²) in [7, 11) is 0. The van der Waals surface area contributed by atoms with E-state index in [1.54, 1.807) is 0 Å². The molecule has 20 heavy (non-hydrogen) atoms. The van der Waals surface area contributed by atoms with Crippen molar-refractivity contribution in [2.45, 2.75) is 32.3 Å². The lowest BCUT2D eigenvalue weighted by Crippen LogP contribution is -2.44. The van der Waals surface area contributed by atoms with E-state index in [9.17, 15) is 4.79 Å². The largest absolute Gasteiger partial charge is 0.376 e. The first-order valence-electron chi connectivity index (χ1n) is 7.46. The molecule has 1 heterocycles. The van der Waals surface area contributed by atoms with E-state index in [0.717, 1.165) is 25.2 Å². The van der Waals surface area contributed by atoms with Crippen LogP contribution in [0.15, 0.2) is 18.2 Å². The van der Waals surface area contributed by atoms with Crippen molar-refractivity contribution in [3.05, 3.63) is 29.3 Å². The van der Waals surface area contributed by atoms with Crippen LogP contribution in [-0.2, 0) is 22.4 Å². The molecule has 0 bridgehead atoms. The fraction of sp³-hybridized carbons (Fsp3) is 0.562. The van der Waals surface area contributed by atoms with Gasteiger partial charge < -0.3 is 10.1 Å². The fourth-order valence-corrected chi connectivity index (χ4v) is 3.09. The smallest absolute Gasteiger partial charge is 0.238 e. The minimum Gasteiger partial charge on any atom is -0.376 e. The summed E-state index contributed by atoms with van der Waals surface area (Å²) in [5, 5.41) is 3.01. The average Bonchev–Trinajstić information content (AvgIpc) is 2.86. The summed E-state index contributed by atoms with van der Waals surface area (Å²) in [4.78, 5) is 14.2. The van der Waals surface area contributed by atoms with E-state index >= 15 is 0 Å². The summed E-state index contributed by atoms with van der Waals surface area (Å²) in [5.41, 5.74) is 3.75. The molecule has 1 N–H and O–H groups in total. The molecule has 0 aromatic heterocycles. The molecule has 0 radical (unpaired) electrons. The Labute approximate surface area is 120 Å². The third kappa shape index (κ3) is 3.19. The molecule has 1 aromatic carbocycles. The minimum absolute atomic E-state index is 0.0667. The standard InChI is InChI=1S/C16H22N2O2/c1-12-10-18(7-8-20-12)11-16(19)17-15-6-5-13-3-2-4-14(13)9-15/h5-6,9,12H,2-4,7-8,10-11H2,1H3,(H,17,19). The van der Waals surface area contributed by atoms with Crippen LogP contribution in [0.5, 0.6) is 0 Å². The van der Waals surface area contributed by atoms with Gasteiger partial charge in [0.1, 0.15) is 0 Å². The summed E-state index contributed by atoms with van der Waals surface area (Å²) < 4.78 is 5.48. The molecule has 1 unspecified atom stereocenters. The summed E-state index contributed by atoms with van der Waals surface area (Å²) >= 11 is 0. The van der Waals surface area contributed by atoms with Crippen molar-refractivity contribution in [3.63, 3.8) is 0 Å². The number of morpholine rings is 1. The van der Waals surface area contributed by atoms with Gasteiger partial charge in [-0.3, -0.25) is 9.69 Å². The number of fused-ring (bicyclic) bond motifs is 1. The molecular weight excluding hydrogens is 252 g/mol. The molecule has 1 amide bonds. The van der Waals surface area contributed by atoms with Gasteiger partial charge in [-0.25, -0.2) is 0 Å². The van der Waals surface area contributed by atoms with Crippen molar-refractivity contribution >= 4 is 11.6 Å². The van der Waals surface area contributed by atoms with Gasteiger partial charge in [-0.2, -0.15) is 0 Å². The van der Waals surface area contributed by atoms with Crippen molar-refractivity contribution in [2.75, 3.05) is 31.6 Å². The maximum atomic E-state index is 12.1. The molecule has 2 aliphatic rings. The van der Waals surface area contributed by atoms with Crippen LogP contribution in [0, 0.1) is 0 Å². The zero-order valence-electron chi connectivity index (χ0n) is 12.0. The molecule has 1 aliphatic carbocycles. The number of amides is 1. The molecule has 1 fully saturated rings. The quantitative estimate of drug-likeness (QED) is 0.914. The number of hydrogen-bond donors (Lipinski definition) is 1. The van der Waals surface area contributed by atoms with Crippen LogP contribution in [0.4, 0.5) is 5.69 Å². The van der Waals surface area contributed by atoms with Crippen molar-refractivity contribution in [3.8, 4) is 0 Å². The number of anilines is 1. The van der Waals surface area contributed by atoms with Gasteiger partial charge in [0.25, 0.3) is 0 Å². The van der Waals surface area contributed by atoms with Crippen molar-refractivity contribution in [2.24, 2.45) is 0 Å². The molecule has 1 aliphatic heterocycles.